The second kappa shape index (κ2) is 6.34. The van der Waals surface area contributed by atoms with Crippen LogP contribution in [0.25, 0.3) is 28.3 Å². The molecule has 8 nitrogen and oxygen atoms in total. The molecule has 4 heterocycles. The van der Waals surface area contributed by atoms with Gasteiger partial charge in [0.15, 0.2) is 11.5 Å². The van der Waals surface area contributed by atoms with E-state index >= 15 is 0 Å². The van der Waals surface area contributed by atoms with Crippen LogP contribution in [0.4, 0.5) is 0 Å². The monoisotopic (exact) mass is 372 g/mol. The lowest BCUT2D eigenvalue weighted by Crippen LogP contribution is -2.17. The van der Waals surface area contributed by atoms with Gasteiger partial charge in [0.25, 0.3) is 0 Å². The summed E-state index contributed by atoms with van der Waals surface area (Å²) in [6.07, 6.45) is 5.27. The minimum absolute atomic E-state index is 0.226. The molecule has 1 N–H and O–H groups in total. The highest BCUT2D eigenvalue weighted by molar-refractivity contribution is 5.72. The fourth-order valence-corrected chi connectivity index (χ4v) is 3.23. The van der Waals surface area contributed by atoms with Crippen molar-refractivity contribution in [3.05, 3.63) is 77.1 Å². The third kappa shape index (κ3) is 2.62. The predicted octanol–water partition coefficient (Wildman–Crippen LogP) is 2.49. The summed E-state index contributed by atoms with van der Waals surface area (Å²) in [6, 6.07) is 13.4. The normalized spacial score (nSPS) is 11.3. The Morgan fingerprint density at radius 2 is 1.93 bits per heavy atom. The molecule has 0 saturated carbocycles. The number of imidazole rings is 2. The zero-order chi connectivity index (χ0) is 19.1. The molecule has 0 aliphatic rings. The number of hydrogen-bond acceptors (Lipinski definition) is 5. The van der Waals surface area contributed by atoms with Crippen LogP contribution in [0.5, 0.6) is 5.75 Å². The first-order valence-corrected chi connectivity index (χ1v) is 8.74. The van der Waals surface area contributed by atoms with Gasteiger partial charge < -0.3 is 9.72 Å². The maximum atomic E-state index is 12.5. The highest BCUT2D eigenvalue weighted by Crippen LogP contribution is 2.19. The summed E-state index contributed by atoms with van der Waals surface area (Å²) in [6.45, 7) is 0.395. The van der Waals surface area contributed by atoms with E-state index in [0.717, 1.165) is 22.7 Å². The fourth-order valence-electron chi connectivity index (χ4n) is 3.23. The SMILES string of the molecule is COc1ccc(Cn2c(=O)[nH]c3cnc(-c4cnc5ccccn45)nc32)cc1. The van der Waals surface area contributed by atoms with Crippen molar-refractivity contribution in [2.75, 3.05) is 7.11 Å². The molecular formula is C20H16N6O2. The molecule has 138 valence electrons. The molecule has 0 aliphatic carbocycles. The van der Waals surface area contributed by atoms with Gasteiger partial charge in [-0.1, -0.05) is 18.2 Å². The topological polar surface area (TPSA) is 90.1 Å². The smallest absolute Gasteiger partial charge is 0.328 e. The number of methoxy groups -OCH3 is 1. The largest absolute Gasteiger partial charge is 0.497 e. The van der Waals surface area contributed by atoms with Crippen molar-refractivity contribution in [3.63, 3.8) is 0 Å². The average Bonchev–Trinajstić information content (AvgIpc) is 3.29. The highest BCUT2D eigenvalue weighted by atomic mass is 16.5. The number of pyridine rings is 1. The van der Waals surface area contributed by atoms with Crippen LogP contribution in [-0.4, -0.2) is 36.0 Å². The minimum atomic E-state index is -0.226. The molecule has 28 heavy (non-hydrogen) atoms. The van der Waals surface area contributed by atoms with E-state index in [-0.39, 0.29) is 5.69 Å². The summed E-state index contributed by atoms with van der Waals surface area (Å²) in [4.78, 5) is 28.7. The van der Waals surface area contributed by atoms with Gasteiger partial charge in [-0.25, -0.2) is 19.7 Å². The molecule has 8 heteroatoms. The third-order valence-corrected chi connectivity index (χ3v) is 4.66. The van der Waals surface area contributed by atoms with E-state index < -0.39 is 0 Å². The first-order valence-electron chi connectivity index (χ1n) is 8.74. The van der Waals surface area contributed by atoms with Crippen LogP contribution in [0, 0.1) is 0 Å². The van der Waals surface area contributed by atoms with Gasteiger partial charge in [0.1, 0.15) is 22.6 Å². The molecule has 0 radical (unpaired) electrons. The summed E-state index contributed by atoms with van der Waals surface area (Å²) >= 11 is 0. The van der Waals surface area contributed by atoms with E-state index in [2.05, 4.69) is 19.9 Å². The molecule has 5 rings (SSSR count). The Bertz CT molecular complexity index is 1350. The Morgan fingerprint density at radius 3 is 2.75 bits per heavy atom. The second-order valence-electron chi connectivity index (χ2n) is 6.37. The van der Waals surface area contributed by atoms with E-state index in [1.54, 1.807) is 24.1 Å². The van der Waals surface area contributed by atoms with Crippen molar-refractivity contribution in [1.82, 2.24) is 28.9 Å². The van der Waals surface area contributed by atoms with Crippen LogP contribution >= 0.6 is 0 Å². The third-order valence-electron chi connectivity index (χ3n) is 4.66. The Morgan fingerprint density at radius 1 is 1.07 bits per heavy atom. The molecule has 0 amide bonds. The molecule has 5 aromatic rings. The summed E-state index contributed by atoms with van der Waals surface area (Å²) in [5.41, 5.74) is 3.47. The second-order valence-corrected chi connectivity index (χ2v) is 6.37. The number of rotatable bonds is 4. The molecule has 0 bridgehead atoms. The molecule has 0 spiro atoms. The van der Waals surface area contributed by atoms with Crippen LogP contribution in [0.3, 0.4) is 0 Å². The Hall–Kier alpha value is -3.94. The van der Waals surface area contributed by atoms with Gasteiger partial charge in [-0.05, 0) is 29.8 Å². The van der Waals surface area contributed by atoms with Crippen LogP contribution in [0.15, 0.2) is 65.8 Å². The lowest BCUT2D eigenvalue weighted by atomic mass is 10.2. The van der Waals surface area contributed by atoms with Gasteiger partial charge in [0, 0.05) is 6.20 Å². The van der Waals surface area contributed by atoms with Crippen LogP contribution in [0.2, 0.25) is 0 Å². The lowest BCUT2D eigenvalue weighted by Gasteiger charge is -2.06. The number of nitrogens with one attached hydrogen (secondary N) is 1. The molecule has 1 aromatic carbocycles. The highest BCUT2D eigenvalue weighted by Gasteiger charge is 2.14. The quantitative estimate of drug-likeness (QED) is 0.523. The maximum Gasteiger partial charge on any atom is 0.328 e. The van der Waals surface area contributed by atoms with Crippen LogP contribution in [0.1, 0.15) is 5.56 Å². The van der Waals surface area contributed by atoms with Gasteiger partial charge in [0.2, 0.25) is 0 Å². The molecule has 0 fully saturated rings. The standard InChI is InChI=1S/C20H16N6O2/c1-28-14-7-5-13(6-8-14)12-26-19-15(23-20(26)27)10-22-18(24-19)16-11-21-17-4-2-3-9-25(16)17/h2-11H,12H2,1H3,(H,23,27). The number of aromatic nitrogens is 6. The van der Waals surface area contributed by atoms with Gasteiger partial charge in [-0.2, -0.15) is 0 Å². The zero-order valence-electron chi connectivity index (χ0n) is 15.0. The van der Waals surface area contributed by atoms with Gasteiger partial charge in [-0.15, -0.1) is 0 Å². The van der Waals surface area contributed by atoms with Crippen molar-refractivity contribution >= 4 is 16.8 Å². The summed E-state index contributed by atoms with van der Waals surface area (Å²) in [5.74, 6) is 1.28. The van der Waals surface area contributed by atoms with E-state index in [1.165, 1.54) is 0 Å². The Labute approximate surface area is 159 Å². The molecule has 4 aromatic heterocycles. The van der Waals surface area contributed by atoms with E-state index in [1.807, 2.05) is 53.1 Å². The summed E-state index contributed by atoms with van der Waals surface area (Å²) in [7, 11) is 1.62. The summed E-state index contributed by atoms with van der Waals surface area (Å²) < 4.78 is 8.71. The fraction of sp³-hybridized carbons (Fsp3) is 0.100. The number of hydrogen-bond donors (Lipinski definition) is 1. The van der Waals surface area contributed by atoms with Crippen molar-refractivity contribution in [2.24, 2.45) is 0 Å². The van der Waals surface area contributed by atoms with Gasteiger partial charge in [0.05, 0.1) is 26.0 Å². The Balaban J connectivity index is 1.61. The van der Waals surface area contributed by atoms with Crippen LogP contribution < -0.4 is 10.4 Å². The van der Waals surface area contributed by atoms with Crippen molar-refractivity contribution in [1.29, 1.82) is 0 Å². The van der Waals surface area contributed by atoms with Crippen molar-refractivity contribution < 1.29 is 4.74 Å². The number of fused-ring (bicyclic) bond motifs is 2. The van der Waals surface area contributed by atoms with Gasteiger partial charge in [-0.3, -0.25) is 8.97 Å². The summed E-state index contributed by atoms with van der Waals surface area (Å²) in [5, 5.41) is 0. The van der Waals surface area contributed by atoms with Crippen molar-refractivity contribution in [3.8, 4) is 17.3 Å². The minimum Gasteiger partial charge on any atom is -0.497 e. The number of H-pyrrole nitrogens is 1. The van der Waals surface area contributed by atoms with E-state index in [9.17, 15) is 4.79 Å². The van der Waals surface area contributed by atoms with Gasteiger partial charge >= 0.3 is 5.69 Å². The first-order chi connectivity index (χ1) is 13.7. The average molecular weight is 372 g/mol. The Kier molecular flexibility index (Phi) is 3.68. The van der Waals surface area contributed by atoms with E-state index in [0.29, 0.717) is 23.5 Å². The van der Waals surface area contributed by atoms with E-state index in [4.69, 9.17) is 4.74 Å². The molecule has 0 atom stereocenters. The molecular weight excluding hydrogens is 356 g/mol. The van der Waals surface area contributed by atoms with Crippen LogP contribution in [-0.2, 0) is 6.54 Å². The number of benzene rings is 1. The maximum absolute atomic E-state index is 12.5. The molecule has 0 saturated heterocycles. The molecule has 0 aliphatic heterocycles. The number of aromatic amines is 1. The predicted molar refractivity (Wildman–Crippen MR) is 104 cm³/mol. The number of nitrogens with zero attached hydrogens (tertiary/aromatic N) is 5. The van der Waals surface area contributed by atoms with Crippen molar-refractivity contribution in [2.45, 2.75) is 6.54 Å². The zero-order valence-corrected chi connectivity index (χ0v) is 15.0. The molecule has 0 unspecified atom stereocenters. The first kappa shape index (κ1) is 16.2. The lowest BCUT2D eigenvalue weighted by molar-refractivity contribution is 0.414. The number of ether oxygens (including phenoxy) is 1.